The second-order valence-electron chi connectivity index (χ2n) is 4.33. The summed E-state index contributed by atoms with van der Waals surface area (Å²) < 4.78 is 5.21. The average Bonchev–Trinajstić information content (AvgIpc) is 2.11. The van der Waals surface area contributed by atoms with Crippen LogP contribution in [-0.4, -0.2) is 37.0 Å². The molecule has 0 saturated heterocycles. The zero-order valence-corrected chi connectivity index (χ0v) is 10.1. The highest BCUT2D eigenvalue weighted by atomic mass is 16.5. The van der Waals surface area contributed by atoms with Crippen molar-refractivity contribution in [2.45, 2.75) is 52.4 Å². The Morgan fingerprint density at radius 2 is 1.79 bits per heavy atom. The van der Waals surface area contributed by atoms with Gasteiger partial charge < -0.3 is 15.2 Å². The summed E-state index contributed by atoms with van der Waals surface area (Å²) in [6.07, 6.45) is 0.872. The zero-order valence-electron chi connectivity index (χ0n) is 10.1. The van der Waals surface area contributed by atoms with Gasteiger partial charge >= 0.3 is 0 Å². The topological polar surface area (TPSA) is 41.5 Å². The molecule has 3 nitrogen and oxygen atoms in total. The van der Waals surface area contributed by atoms with Crippen LogP contribution in [-0.2, 0) is 4.74 Å². The molecule has 0 rings (SSSR count). The Bertz CT molecular complexity index is 139. The van der Waals surface area contributed by atoms with Gasteiger partial charge in [-0.2, -0.15) is 0 Å². The Kier molecular flexibility index (Phi) is 7.15. The number of ether oxygens (including phenoxy) is 1. The fraction of sp³-hybridized carbons (Fsp3) is 1.00. The predicted molar refractivity (Wildman–Crippen MR) is 59.4 cm³/mol. The molecule has 0 spiro atoms. The fourth-order valence-corrected chi connectivity index (χ4v) is 1.42. The van der Waals surface area contributed by atoms with E-state index in [1.54, 1.807) is 7.11 Å². The van der Waals surface area contributed by atoms with Crippen molar-refractivity contribution in [3.63, 3.8) is 0 Å². The van der Waals surface area contributed by atoms with Gasteiger partial charge in [-0.1, -0.05) is 6.92 Å². The summed E-state index contributed by atoms with van der Waals surface area (Å²) in [7, 11) is 1.72. The third-order valence-electron chi connectivity index (χ3n) is 2.61. The van der Waals surface area contributed by atoms with Crippen molar-refractivity contribution >= 4 is 0 Å². The van der Waals surface area contributed by atoms with Crippen LogP contribution >= 0.6 is 0 Å². The van der Waals surface area contributed by atoms with Crippen molar-refractivity contribution in [3.05, 3.63) is 0 Å². The summed E-state index contributed by atoms with van der Waals surface area (Å²) >= 11 is 0. The molecule has 4 atom stereocenters. The molecule has 14 heavy (non-hydrogen) atoms. The Morgan fingerprint density at radius 3 is 2.21 bits per heavy atom. The van der Waals surface area contributed by atoms with E-state index in [0.29, 0.717) is 12.0 Å². The molecule has 0 aromatic carbocycles. The van der Waals surface area contributed by atoms with Gasteiger partial charge in [0.15, 0.2) is 0 Å². The Balaban J connectivity index is 3.60. The first-order valence-corrected chi connectivity index (χ1v) is 5.41. The molecular formula is C11H25NO2. The van der Waals surface area contributed by atoms with E-state index in [-0.39, 0.29) is 12.2 Å². The van der Waals surface area contributed by atoms with Gasteiger partial charge in [0.2, 0.25) is 0 Å². The van der Waals surface area contributed by atoms with E-state index in [0.717, 1.165) is 13.0 Å². The lowest BCUT2D eigenvalue weighted by molar-refractivity contribution is 0.0859. The number of aliphatic hydroxyl groups excluding tert-OH is 1. The number of hydrogen-bond acceptors (Lipinski definition) is 3. The third kappa shape index (κ3) is 6.35. The first kappa shape index (κ1) is 13.9. The van der Waals surface area contributed by atoms with E-state index in [1.807, 2.05) is 6.92 Å². The Morgan fingerprint density at radius 1 is 1.21 bits per heavy atom. The summed E-state index contributed by atoms with van der Waals surface area (Å²) in [6, 6.07) is 0.358. The molecule has 86 valence electrons. The molecule has 0 fully saturated rings. The molecule has 0 bridgehead atoms. The minimum absolute atomic E-state index is 0.207. The molecule has 3 heteroatoms. The summed E-state index contributed by atoms with van der Waals surface area (Å²) in [5.74, 6) is 0.501. The number of nitrogens with one attached hydrogen (secondary N) is 1. The van der Waals surface area contributed by atoms with Gasteiger partial charge in [0.25, 0.3) is 0 Å². The molecule has 0 aromatic heterocycles. The van der Waals surface area contributed by atoms with E-state index < -0.39 is 0 Å². The Hall–Kier alpha value is -0.120. The predicted octanol–water partition coefficient (Wildman–Crippen LogP) is 1.41. The molecule has 0 saturated carbocycles. The van der Waals surface area contributed by atoms with Gasteiger partial charge in [-0.25, -0.2) is 0 Å². The molecule has 0 amide bonds. The lowest BCUT2D eigenvalue weighted by Crippen LogP contribution is -2.39. The normalized spacial score (nSPS) is 20.1. The number of hydrogen-bond donors (Lipinski definition) is 2. The van der Waals surface area contributed by atoms with E-state index in [1.165, 1.54) is 0 Å². The lowest BCUT2D eigenvalue weighted by Gasteiger charge is -2.22. The van der Waals surface area contributed by atoms with Gasteiger partial charge in [0, 0.05) is 13.2 Å². The van der Waals surface area contributed by atoms with Crippen molar-refractivity contribution in [2.24, 2.45) is 5.92 Å². The van der Waals surface area contributed by atoms with Crippen LogP contribution in [0.3, 0.4) is 0 Å². The molecule has 4 unspecified atom stereocenters. The Labute approximate surface area is 87.8 Å². The van der Waals surface area contributed by atoms with Crippen molar-refractivity contribution in [1.82, 2.24) is 5.32 Å². The molecule has 0 aromatic rings. The van der Waals surface area contributed by atoms with Crippen LogP contribution in [0.4, 0.5) is 0 Å². The van der Waals surface area contributed by atoms with Gasteiger partial charge in [0.1, 0.15) is 0 Å². The van der Waals surface area contributed by atoms with Gasteiger partial charge in [-0.05, 0) is 39.7 Å². The second kappa shape index (κ2) is 7.21. The highest BCUT2D eigenvalue weighted by Gasteiger charge is 2.12. The monoisotopic (exact) mass is 203 g/mol. The summed E-state index contributed by atoms with van der Waals surface area (Å²) in [5.41, 5.74) is 0. The highest BCUT2D eigenvalue weighted by molar-refractivity contribution is 4.70. The molecule has 0 aliphatic carbocycles. The average molecular weight is 203 g/mol. The first-order valence-electron chi connectivity index (χ1n) is 5.41. The largest absolute Gasteiger partial charge is 0.393 e. The molecule has 2 N–H and O–H groups in total. The number of aliphatic hydroxyl groups is 1. The minimum Gasteiger partial charge on any atom is -0.393 e. The molecule has 0 heterocycles. The van der Waals surface area contributed by atoms with Crippen LogP contribution in [0.25, 0.3) is 0 Å². The standard InChI is InChI=1S/C11H25NO2/c1-8(6-9(2)13)7-12-10(3)11(4)14-5/h8-13H,6-7H2,1-5H3. The molecule has 0 aliphatic rings. The van der Waals surface area contributed by atoms with Crippen LogP contribution < -0.4 is 5.32 Å². The van der Waals surface area contributed by atoms with Gasteiger partial charge in [-0.15, -0.1) is 0 Å². The maximum Gasteiger partial charge on any atom is 0.0693 e. The molecule has 0 aliphatic heterocycles. The first-order chi connectivity index (χ1) is 6.47. The van der Waals surface area contributed by atoms with Crippen LogP contribution in [0.2, 0.25) is 0 Å². The van der Waals surface area contributed by atoms with Crippen molar-refractivity contribution < 1.29 is 9.84 Å². The van der Waals surface area contributed by atoms with E-state index in [9.17, 15) is 5.11 Å². The second-order valence-corrected chi connectivity index (χ2v) is 4.33. The lowest BCUT2D eigenvalue weighted by atomic mass is 10.0. The highest BCUT2D eigenvalue weighted by Crippen LogP contribution is 2.05. The van der Waals surface area contributed by atoms with Gasteiger partial charge in [-0.3, -0.25) is 0 Å². The molecule has 0 radical (unpaired) electrons. The summed E-state index contributed by atoms with van der Waals surface area (Å²) in [6.45, 7) is 9.07. The fourth-order valence-electron chi connectivity index (χ4n) is 1.42. The van der Waals surface area contributed by atoms with Crippen LogP contribution in [0.15, 0.2) is 0 Å². The molecular weight excluding hydrogens is 178 g/mol. The van der Waals surface area contributed by atoms with E-state index in [4.69, 9.17) is 4.74 Å². The van der Waals surface area contributed by atoms with E-state index in [2.05, 4.69) is 26.1 Å². The van der Waals surface area contributed by atoms with Crippen LogP contribution in [0.1, 0.15) is 34.1 Å². The van der Waals surface area contributed by atoms with Crippen LogP contribution in [0, 0.1) is 5.92 Å². The SMILES string of the molecule is COC(C)C(C)NCC(C)CC(C)O. The minimum atomic E-state index is -0.207. The maximum atomic E-state index is 9.19. The van der Waals surface area contributed by atoms with Crippen molar-refractivity contribution in [2.75, 3.05) is 13.7 Å². The summed E-state index contributed by atoms with van der Waals surface area (Å²) in [4.78, 5) is 0. The van der Waals surface area contributed by atoms with Crippen molar-refractivity contribution in [1.29, 1.82) is 0 Å². The van der Waals surface area contributed by atoms with Gasteiger partial charge in [0.05, 0.1) is 12.2 Å². The smallest absolute Gasteiger partial charge is 0.0693 e. The maximum absolute atomic E-state index is 9.19. The number of rotatable bonds is 7. The van der Waals surface area contributed by atoms with E-state index >= 15 is 0 Å². The quantitative estimate of drug-likeness (QED) is 0.657. The number of methoxy groups -OCH3 is 1. The van der Waals surface area contributed by atoms with Crippen LogP contribution in [0.5, 0.6) is 0 Å². The summed E-state index contributed by atoms with van der Waals surface area (Å²) in [5, 5.41) is 12.6. The third-order valence-corrected chi connectivity index (χ3v) is 2.61. The van der Waals surface area contributed by atoms with Crippen molar-refractivity contribution in [3.8, 4) is 0 Å². The zero-order chi connectivity index (χ0) is 11.1.